The average molecular weight is 568 g/mol. The molecule has 8 nitrogen and oxygen atoms in total. The Morgan fingerprint density at radius 1 is 1.02 bits per heavy atom. The highest BCUT2D eigenvalue weighted by Gasteiger charge is 2.71. The summed E-state index contributed by atoms with van der Waals surface area (Å²) in [5.74, 6) is -0.950. The van der Waals surface area contributed by atoms with E-state index in [4.69, 9.17) is 4.74 Å². The van der Waals surface area contributed by atoms with Gasteiger partial charge in [-0.1, -0.05) is 51.0 Å². The molecule has 6 atom stereocenters. The van der Waals surface area contributed by atoms with Crippen molar-refractivity contribution in [3.8, 4) is 5.75 Å². The maximum atomic E-state index is 14.4. The molecule has 40 heavy (non-hydrogen) atoms. The summed E-state index contributed by atoms with van der Waals surface area (Å²) >= 11 is 1.58. The van der Waals surface area contributed by atoms with E-state index in [0.717, 1.165) is 30.7 Å². The zero-order valence-corrected chi connectivity index (χ0v) is 24.5. The Balaban J connectivity index is 1.54. The van der Waals surface area contributed by atoms with Gasteiger partial charge in [-0.15, -0.1) is 11.8 Å². The summed E-state index contributed by atoms with van der Waals surface area (Å²) in [7, 11) is 0. The lowest BCUT2D eigenvalue weighted by Gasteiger charge is -2.38. The maximum absolute atomic E-state index is 14.4. The lowest BCUT2D eigenvalue weighted by molar-refractivity contribution is -0.145. The molecule has 9 heteroatoms. The van der Waals surface area contributed by atoms with Crippen LogP contribution in [0.4, 0.5) is 5.69 Å². The summed E-state index contributed by atoms with van der Waals surface area (Å²) in [6, 6.07) is 6.24. The Morgan fingerprint density at radius 3 is 2.48 bits per heavy atom. The van der Waals surface area contributed by atoms with Crippen molar-refractivity contribution in [3.05, 3.63) is 48.6 Å². The third kappa shape index (κ3) is 4.75. The number of thioether (sulfide) groups is 1. The van der Waals surface area contributed by atoms with Crippen molar-refractivity contribution in [2.45, 2.75) is 68.5 Å². The van der Waals surface area contributed by atoms with E-state index in [9.17, 15) is 19.5 Å². The van der Waals surface area contributed by atoms with Crippen LogP contribution >= 0.6 is 11.8 Å². The van der Waals surface area contributed by atoms with Crippen molar-refractivity contribution in [1.29, 1.82) is 0 Å². The molecule has 0 radical (unpaired) electrons. The van der Waals surface area contributed by atoms with Gasteiger partial charge in [0.1, 0.15) is 11.8 Å². The monoisotopic (exact) mass is 567 g/mol. The first-order valence-corrected chi connectivity index (χ1v) is 15.6. The number of hydrogen-bond acceptors (Lipinski definition) is 6. The van der Waals surface area contributed by atoms with Crippen LogP contribution in [0.3, 0.4) is 0 Å². The quantitative estimate of drug-likeness (QED) is 0.343. The molecule has 2 saturated heterocycles. The molecule has 0 aromatic heterocycles. The van der Waals surface area contributed by atoms with Crippen LogP contribution in [0.1, 0.15) is 46.5 Å². The average Bonchev–Trinajstić information content (AvgIpc) is 3.27. The fraction of sp³-hybridized carbons (Fsp3) is 0.581. The Bertz CT molecular complexity index is 1170. The molecule has 0 aliphatic carbocycles. The second-order valence-corrected chi connectivity index (χ2v) is 12.5. The number of carbonyl (C=O) groups excluding carboxylic acids is 3. The zero-order valence-electron chi connectivity index (χ0n) is 23.7. The second kappa shape index (κ2) is 12.0. The summed E-state index contributed by atoms with van der Waals surface area (Å²) < 4.78 is 4.71. The van der Waals surface area contributed by atoms with Gasteiger partial charge < -0.3 is 24.5 Å². The number of nitrogens with zero attached hydrogens (tertiary/aromatic N) is 3. The predicted octanol–water partition coefficient (Wildman–Crippen LogP) is 3.65. The van der Waals surface area contributed by atoms with Gasteiger partial charge in [0.2, 0.25) is 17.7 Å². The number of ether oxygens (including phenoxy) is 1. The van der Waals surface area contributed by atoms with Crippen LogP contribution in [-0.2, 0) is 14.4 Å². The van der Waals surface area contributed by atoms with Crippen LogP contribution < -0.4 is 9.64 Å². The Morgan fingerprint density at radius 2 is 1.80 bits per heavy atom. The number of hydrogen-bond donors (Lipinski definition) is 1. The third-order valence-electron chi connectivity index (χ3n) is 8.75. The molecule has 1 aromatic carbocycles. The van der Waals surface area contributed by atoms with Crippen molar-refractivity contribution in [2.24, 2.45) is 11.8 Å². The molecular weight excluding hydrogens is 526 g/mol. The van der Waals surface area contributed by atoms with Gasteiger partial charge in [0.15, 0.2) is 0 Å². The summed E-state index contributed by atoms with van der Waals surface area (Å²) in [6.45, 7) is 7.86. The highest BCUT2D eigenvalue weighted by atomic mass is 32.2. The van der Waals surface area contributed by atoms with Gasteiger partial charge >= 0.3 is 0 Å². The topological polar surface area (TPSA) is 90.4 Å². The highest BCUT2D eigenvalue weighted by molar-refractivity contribution is 8.02. The molecule has 1 N–H and O–H groups in total. The van der Waals surface area contributed by atoms with Crippen LogP contribution in [0.5, 0.6) is 5.75 Å². The highest BCUT2D eigenvalue weighted by Crippen LogP contribution is 2.61. The minimum absolute atomic E-state index is 0.0763. The number of aliphatic hydroxyl groups is 1. The lowest BCUT2D eigenvalue weighted by Crippen LogP contribution is -2.56. The van der Waals surface area contributed by atoms with Crippen LogP contribution in [0.2, 0.25) is 0 Å². The maximum Gasteiger partial charge on any atom is 0.247 e. The van der Waals surface area contributed by atoms with Gasteiger partial charge in [-0.05, 0) is 44.0 Å². The summed E-state index contributed by atoms with van der Waals surface area (Å²) in [6.07, 6.45) is 11.6. The molecule has 1 spiro atoms. The molecule has 1 unspecified atom stereocenters. The van der Waals surface area contributed by atoms with Crippen molar-refractivity contribution < 1.29 is 24.2 Å². The molecule has 216 valence electrons. The first kappa shape index (κ1) is 28.7. The molecular formula is C31H41N3O5S. The van der Waals surface area contributed by atoms with Gasteiger partial charge in [0, 0.05) is 30.6 Å². The first-order valence-electron chi connectivity index (χ1n) is 14.7. The van der Waals surface area contributed by atoms with Gasteiger partial charge in [0.05, 0.1) is 35.8 Å². The molecule has 4 aliphatic rings. The van der Waals surface area contributed by atoms with Crippen LogP contribution in [0.25, 0.3) is 0 Å². The molecule has 4 heterocycles. The van der Waals surface area contributed by atoms with E-state index in [2.05, 4.69) is 13.0 Å². The van der Waals surface area contributed by atoms with E-state index in [-0.39, 0.29) is 29.6 Å². The number of carbonyl (C=O) groups is 3. The van der Waals surface area contributed by atoms with E-state index in [0.29, 0.717) is 32.7 Å². The van der Waals surface area contributed by atoms with E-state index < -0.39 is 28.7 Å². The van der Waals surface area contributed by atoms with E-state index in [1.165, 1.54) is 0 Å². The van der Waals surface area contributed by atoms with Gasteiger partial charge in [-0.25, -0.2) is 0 Å². The smallest absolute Gasteiger partial charge is 0.247 e. The molecule has 0 bridgehead atoms. The number of likely N-dealkylation sites (tertiary alicyclic amines) is 1. The van der Waals surface area contributed by atoms with Crippen molar-refractivity contribution in [2.75, 3.05) is 37.7 Å². The molecule has 2 fully saturated rings. The Kier molecular flexibility index (Phi) is 8.61. The normalized spacial score (nSPS) is 30.2. The van der Waals surface area contributed by atoms with E-state index in [1.807, 2.05) is 61.2 Å². The molecule has 4 aliphatic heterocycles. The van der Waals surface area contributed by atoms with Gasteiger partial charge in [-0.2, -0.15) is 0 Å². The van der Waals surface area contributed by atoms with E-state index in [1.54, 1.807) is 21.6 Å². The second-order valence-electron chi connectivity index (χ2n) is 11.0. The summed E-state index contributed by atoms with van der Waals surface area (Å²) in [5.41, 5.74) is 0.750. The van der Waals surface area contributed by atoms with Crippen LogP contribution in [0, 0.1) is 11.8 Å². The fourth-order valence-corrected chi connectivity index (χ4v) is 8.80. The van der Waals surface area contributed by atoms with Crippen LogP contribution in [-0.4, -0.2) is 87.6 Å². The number of anilines is 1. The lowest BCUT2D eigenvalue weighted by atomic mass is 9.78. The number of amides is 3. The van der Waals surface area contributed by atoms with Crippen molar-refractivity contribution in [1.82, 2.24) is 9.80 Å². The largest absolute Gasteiger partial charge is 0.494 e. The number of benzene rings is 1. The first-order chi connectivity index (χ1) is 19.4. The molecule has 0 saturated carbocycles. The number of rotatable bonds is 10. The molecule has 5 rings (SSSR count). The Labute approximate surface area is 241 Å². The number of fused-ring (bicyclic) bond motifs is 2. The van der Waals surface area contributed by atoms with Crippen LogP contribution in [0.15, 0.2) is 48.6 Å². The fourth-order valence-electron chi connectivity index (χ4n) is 6.80. The summed E-state index contributed by atoms with van der Waals surface area (Å²) in [4.78, 5) is 48.2. The SMILES string of the molecule is CCCCCN1CC=C[C@]23S[C@H]4C=CCN(c5ccc(OCC)cc5)C(=O)[C@H]4[C@H]2C(=O)N([C@@H](CC)CO)C3C1=O. The third-order valence-corrected chi connectivity index (χ3v) is 10.5. The molecule has 3 amide bonds. The van der Waals surface area contributed by atoms with Gasteiger partial charge in [0.25, 0.3) is 0 Å². The molecule has 1 aromatic rings. The van der Waals surface area contributed by atoms with Gasteiger partial charge in [-0.3, -0.25) is 14.4 Å². The predicted molar refractivity (Wildman–Crippen MR) is 157 cm³/mol. The summed E-state index contributed by atoms with van der Waals surface area (Å²) in [5, 5.41) is 10.1. The minimum atomic E-state index is -0.868. The number of aliphatic hydroxyl groups excluding tert-OH is 1. The van der Waals surface area contributed by atoms with Crippen molar-refractivity contribution >= 4 is 35.2 Å². The Hall–Kier alpha value is -2.78. The standard InChI is InChI=1S/C31H41N3O5S/c1-4-7-8-17-32-18-10-16-31-26(29(37)34(21(5-2)20-35)27(31)30(32)38)25-24(40-31)11-9-19-33(28(25)36)22-12-14-23(15-13-22)39-6-3/h9-16,21,24-27,35H,4-8,17-20H2,1-3H3/t21-,24-,25+,26-,27?,31-/m0/s1. The van der Waals surface area contributed by atoms with Crippen molar-refractivity contribution in [3.63, 3.8) is 0 Å². The van der Waals surface area contributed by atoms with E-state index >= 15 is 0 Å². The zero-order chi connectivity index (χ0) is 28.4. The number of unbranched alkanes of at least 4 members (excludes halogenated alkanes) is 2. The minimum Gasteiger partial charge on any atom is -0.494 e.